The third-order valence-corrected chi connectivity index (χ3v) is 7.17. The zero-order valence-corrected chi connectivity index (χ0v) is 15.4. The van der Waals surface area contributed by atoms with Crippen LogP contribution in [0.3, 0.4) is 0 Å². The fourth-order valence-electron chi connectivity index (χ4n) is 5.60. The van der Waals surface area contributed by atoms with Gasteiger partial charge in [-0.2, -0.15) is 0 Å². The fraction of sp³-hybridized carbons (Fsp3) is 0.684. The van der Waals surface area contributed by atoms with Gasteiger partial charge < -0.3 is 14.9 Å². The second-order valence-electron chi connectivity index (χ2n) is 9.12. The summed E-state index contributed by atoms with van der Waals surface area (Å²) in [6.07, 6.45) is 7.58. The van der Waals surface area contributed by atoms with Crippen molar-refractivity contribution in [1.82, 2.24) is 9.88 Å². The van der Waals surface area contributed by atoms with E-state index in [1.807, 2.05) is 18.7 Å². The van der Waals surface area contributed by atoms with Crippen molar-refractivity contribution < 1.29 is 14.8 Å². The van der Waals surface area contributed by atoms with E-state index in [9.17, 15) is 14.8 Å². The van der Waals surface area contributed by atoms with E-state index in [0.717, 1.165) is 36.2 Å². The Morgan fingerprint density at radius 3 is 2.54 bits per heavy atom. The molecule has 0 aromatic carbocycles. The van der Waals surface area contributed by atoms with E-state index in [0.29, 0.717) is 11.5 Å². The van der Waals surface area contributed by atoms with E-state index < -0.39 is 12.5 Å². The number of anilines is 1. The number of fused-ring (bicyclic) bond motifs is 3. The van der Waals surface area contributed by atoms with Crippen LogP contribution in [-0.2, 0) is 10.2 Å². The van der Waals surface area contributed by atoms with Crippen LogP contribution in [0.25, 0.3) is 0 Å². The maximum Gasteiger partial charge on any atom is 0.490 e. The summed E-state index contributed by atoms with van der Waals surface area (Å²) in [7, 11) is -1.57. The molecule has 2 saturated carbocycles. The summed E-state index contributed by atoms with van der Waals surface area (Å²) in [4.78, 5) is 22.1. The van der Waals surface area contributed by atoms with Gasteiger partial charge in [0.05, 0.1) is 16.8 Å². The molecule has 0 unspecified atom stereocenters. The summed E-state index contributed by atoms with van der Waals surface area (Å²) in [5.41, 5.74) is 1.19. The molecule has 2 aliphatic carbocycles. The number of amides is 1. The number of piperidine rings is 1. The Kier molecular flexibility index (Phi) is 3.56. The SMILES string of the molecule is CC1(C)C(=O)N([C@H]2C[C@@H](N3C[C@H]4CC[C@@H]3C4)C2)c2cc(B(O)O)cnc21. The molecule has 3 fully saturated rings. The van der Waals surface area contributed by atoms with Crippen molar-refractivity contribution in [3.8, 4) is 0 Å². The molecule has 0 spiro atoms. The van der Waals surface area contributed by atoms with Crippen LogP contribution in [0.15, 0.2) is 12.3 Å². The number of pyridine rings is 1. The molecule has 5 rings (SSSR count). The van der Waals surface area contributed by atoms with Crippen LogP contribution in [-0.4, -0.2) is 57.6 Å². The molecule has 2 atom stereocenters. The van der Waals surface area contributed by atoms with Crippen LogP contribution in [0, 0.1) is 5.92 Å². The quantitative estimate of drug-likeness (QED) is 0.768. The second-order valence-corrected chi connectivity index (χ2v) is 9.12. The molecule has 6 nitrogen and oxygen atoms in total. The maximum absolute atomic E-state index is 13.1. The number of aromatic nitrogens is 1. The predicted octanol–water partition coefficient (Wildman–Crippen LogP) is 0.401. The van der Waals surface area contributed by atoms with Gasteiger partial charge in [0.2, 0.25) is 5.91 Å². The zero-order valence-electron chi connectivity index (χ0n) is 15.4. The van der Waals surface area contributed by atoms with Gasteiger partial charge in [-0.25, -0.2) is 0 Å². The molecule has 7 heteroatoms. The van der Waals surface area contributed by atoms with E-state index in [1.165, 1.54) is 32.0 Å². The summed E-state index contributed by atoms with van der Waals surface area (Å²) in [6.45, 7) is 5.05. The number of likely N-dealkylation sites (tertiary alicyclic amines) is 1. The number of hydrogen-bond acceptors (Lipinski definition) is 5. The Labute approximate surface area is 154 Å². The van der Waals surface area contributed by atoms with Crippen molar-refractivity contribution in [2.24, 2.45) is 5.92 Å². The molecule has 138 valence electrons. The van der Waals surface area contributed by atoms with Crippen molar-refractivity contribution in [3.05, 3.63) is 18.0 Å². The lowest BCUT2D eigenvalue weighted by atomic mass is 9.80. The van der Waals surface area contributed by atoms with Gasteiger partial charge in [0, 0.05) is 36.3 Å². The van der Waals surface area contributed by atoms with Crippen molar-refractivity contribution in [2.45, 2.75) is 69.5 Å². The van der Waals surface area contributed by atoms with Crippen molar-refractivity contribution in [3.63, 3.8) is 0 Å². The van der Waals surface area contributed by atoms with Crippen LogP contribution in [0.2, 0.25) is 0 Å². The van der Waals surface area contributed by atoms with Crippen molar-refractivity contribution >= 4 is 24.2 Å². The lowest BCUT2D eigenvalue weighted by molar-refractivity contribution is -0.123. The number of carbonyl (C=O) groups is 1. The summed E-state index contributed by atoms with van der Waals surface area (Å²) in [5, 5.41) is 19.0. The molecule has 26 heavy (non-hydrogen) atoms. The van der Waals surface area contributed by atoms with E-state index in [-0.39, 0.29) is 11.9 Å². The predicted molar refractivity (Wildman–Crippen MR) is 99.2 cm³/mol. The number of rotatable bonds is 3. The molecule has 2 bridgehead atoms. The standard InChI is InChI=1S/C19H26BN3O3/c1-19(2)17-16(6-12(9-21-17)20(25)26)23(18(19)24)15-7-14(8-15)22-10-11-3-4-13(22)5-11/h6,9,11,13-15,25-26H,3-5,7-8,10H2,1-2H3/t11-,13+,14-,15+/m0/s1. The van der Waals surface area contributed by atoms with Crippen LogP contribution in [0.1, 0.15) is 51.6 Å². The number of nitrogens with zero attached hydrogens (tertiary/aromatic N) is 3. The fourth-order valence-corrected chi connectivity index (χ4v) is 5.60. The average molecular weight is 355 g/mol. The van der Waals surface area contributed by atoms with Crippen molar-refractivity contribution in [2.75, 3.05) is 11.4 Å². The average Bonchev–Trinajstić information content (AvgIpc) is 3.23. The molecule has 4 aliphatic rings. The number of hydrogen-bond donors (Lipinski definition) is 2. The Bertz CT molecular complexity index is 762. The first-order valence-corrected chi connectivity index (χ1v) is 9.82. The van der Waals surface area contributed by atoms with Gasteiger partial charge in [0.25, 0.3) is 0 Å². The van der Waals surface area contributed by atoms with E-state index >= 15 is 0 Å². The van der Waals surface area contributed by atoms with Gasteiger partial charge in [0.15, 0.2) is 0 Å². The zero-order chi connectivity index (χ0) is 18.2. The molecular formula is C19H26BN3O3. The first kappa shape index (κ1) is 16.7. The molecule has 2 N–H and O–H groups in total. The van der Waals surface area contributed by atoms with E-state index in [1.54, 1.807) is 6.07 Å². The van der Waals surface area contributed by atoms with Crippen LogP contribution < -0.4 is 10.4 Å². The second kappa shape index (κ2) is 5.53. The highest BCUT2D eigenvalue weighted by molar-refractivity contribution is 6.58. The number of carbonyl (C=O) groups excluding carboxylic acids is 1. The highest BCUT2D eigenvalue weighted by Gasteiger charge is 2.53. The molecule has 1 saturated heterocycles. The van der Waals surface area contributed by atoms with Gasteiger partial charge >= 0.3 is 7.12 Å². The lowest BCUT2D eigenvalue weighted by Gasteiger charge is -2.48. The molecule has 2 aliphatic heterocycles. The summed E-state index contributed by atoms with van der Waals surface area (Å²) in [5.74, 6) is 0.973. The molecule has 0 radical (unpaired) electrons. The first-order valence-electron chi connectivity index (χ1n) is 9.82. The molecule has 3 heterocycles. The van der Waals surface area contributed by atoms with Gasteiger partial charge in [-0.1, -0.05) is 0 Å². The minimum atomic E-state index is -1.57. The third kappa shape index (κ3) is 2.23. The van der Waals surface area contributed by atoms with Gasteiger partial charge in [-0.3, -0.25) is 14.7 Å². The molecule has 1 aromatic rings. The van der Waals surface area contributed by atoms with Gasteiger partial charge in [-0.05, 0) is 57.9 Å². The van der Waals surface area contributed by atoms with Gasteiger partial charge in [-0.15, -0.1) is 0 Å². The minimum absolute atomic E-state index is 0.0796. The van der Waals surface area contributed by atoms with Crippen LogP contribution in [0.4, 0.5) is 5.69 Å². The maximum atomic E-state index is 13.1. The van der Waals surface area contributed by atoms with Crippen molar-refractivity contribution in [1.29, 1.82) is 0 Å². The normalized spacial score (nSPS) is 34.9. The Hall–Kier alpha value is -1.44. The van der Waals surface area contributed by atoms with E-state index in [4.69, 9.17) is 0 Å². The Morgan fingerprint density at radius 1 is 1.15 bits per heavy atom. The monoisotopic (exact) mass is 355 g/mol. The van der Waals surface area contributed by atoms with Gasteiger partial charge in [0.1, 0.15) is 0 Å². The largest absolute Gasteiger partial charge is 0.490 e. The van der Waals surface area contributed by atoms with E-state index in [2.05, 4.69) is 9.88 Å². The smallest absolute Gasteiger partial charge is 0.423 e. The lowest BCUT2D eigenvalue weighted by Crippen LogP contribution is -2.57. The molecular weight excluding hydrogens is 329 g/mol. The molecule has 1 amide bonds. The topological polar surface area (TPSA) is 76.9 Å². The highest BCUT2D eigenvalue weighted by Crippen LogP contribution is 2.47. The summed E-state index contributed by atoms with van der Waals surface area (Å²) >= 11 is 0. The third-order valence-electron chi connectivity index (χ3n) is 7.17. The van der Waals surface area contributed by atoms with Crippen LogP contribution >= 0.6 is 0 Å². The Morgan fingerprint density at radius 2 is 1.92 bits per heavy atom. The first-order chi connectivity index (χ1) is 12.4. The summed E-state index contributed by atoms with van der Waals surface area (Å²) in [6, 6.07) is 3.28. The Balaban J connectivity index is 1.39. The molecule has 1 aromatic heterocycles. The minimum Gasteiger partial charge on any atom is -0.423 e. The highest BCUT2D eigenvalue weighted by atomic mass is 16.4. The summed E-state index contributed by atoms with van der Waals surface area (Å²) < 4.78 is 0. The van der Waals surface area contributed by atoms with Crippen LogP contribution in [0.5, 0.6) is 0 Å².